The van der Waals surface area contributed by atoms with Crippen molar-refractivity contribution >= 4 is 66.1 Å². The zero-order valence-corrected chi connectivity index (χ0v) is 20.4. The number of fused-ring (bicyclic) bond motifs is 7. The van der Waals surface area contributed by atoms with Gasteiger partial charge in [-0.25, -0.2) is 4.98 Å². The lowest BCUT2D eigenvalue weighted by Crippen LogP contribution is -2.20. The predicted octanol–water partition coefficient (Wildman–Crippen LogP) is 7.34. The van der Waals surface area contributed by atoms with Crippen LogP contribution < -0.4 is 15.9 Å². The van der Waals surface area contributed by atoms with Gasteiger partial charge in [0.15, 0.2) is 0 Å². The van der Waals surface area contributed by atoms with Gasteiger partial charge in [-0.3, -0.25) is 0 Å². The number of imidazole rings is 1. The molecule has 0 saturated heterocycles. The van der Waals surface area contributed by atoms with E-state index in [0.717, 1.165) is 11.4 Å². The Morgan fingerprint density at radius 2 is 1.37 bits per heavy atom. The third-order valence-electron chi connectivity index (χ3n) is 7.03. The summed E-state index contributed by atoms with van der Waals surface area (Å²) in [6.07, 6.45) is 1.81. The Kier molecular flexibility index (Phi) is 4.10. The molecule has 2 aromatic heterocycles. The molecule has 0 bridgehead atoms. The van der Waals surface area contributed by atoms with Crippen LogP contribution in [0.5, 0.6) is 0 Å². The van der Waals surface area contributed by atoms with E-state index < -0.39 is 7.92 Å². The Balaban J connectivity index is 1.39. The first kappa shape index (κ1) is 19.5. The van der Waals surface area contributed by atoms with Crippen molar-refractivity contribution in [2.75, 3.05) is 0 Å². The third-order valence-corrected chi connectivity index (χ3v) is 10.6. The molecule has 0 saturated carbocycles. The van der Waals surface area contributed by atoms with Gasteiger partial charge in [0.1, 0.15) is 0 Å². The van der Waals surface area contributed by atoms with Crippen molar-refractivity contribution in [3.63, 3.8) is 0 Å². The molecular formula is C31H19N2PS. The maximum absolute atomic E-state index is 4.65. The van der Waals surface area contributed by atoms with Crippen molar-refractivity contribution in [2.45, 2.75) is 0 Å². The highest BCUT2D eigenvalue weighted by Gasteiger charge is 2.26. The van der Waals surface area contributed by atoms with Gasteiger partial charge in [0.2, 0.25) is 0 Å². The van der Waals surface area contributed by atoms with Gasteiger partial charge in [-0.05, 0) is 41.4 Å². The molecular weight excluding hydrogens is 463 g/mol. The van der Waals surface area contributed by atoms with E-state index in [1.807, 2.05) is 17.7 Å². The first-order valence-corrected chi connectivity index (χ1v) is 13.9. The van der Waals surface area contributed by atoms with Crippen molar-refractivity contribution < 1.29 is 0 Å². The van der Waals surface area contributed by atoms with Gasteiger partial charge in [0.05, 0.1) is 17.7 Å². The van der Waals surface area contributed by atoms with Crippen LogP contribution in [0.1, 0.15) is 0 Å². The molecule has 164 valence electrons. The van der Waals surface area contributed by atoms with E-state index in [0.29, 0.717) is 0 Å². The zero-order valence-electron chi connectivity index (χ0n) is 18.7. The predicted molar refractivity (Wildman–Crippen MR) is 152 cm³/mol. The highest BCUT2D eigenvalue weighted by molar-refractivity contribution is 7.79. The van der Waals surface area contributed by atoms with Crippen LogP contribution in [0.25, 0.3) is 53.5 Å². The molecule has 0 fully saturated rings. The van der Waals surface area contributed by atoms with Crippen molar-refractivity contribution in [3.8, 4) is 22.5 Å². The number of H-pyrrole nitrogens is 1. The summed E-state index contributed by atoms with van der Waals surface area (Å²) in [4.78, 5) is 8.01. The highest BCUT2D eigenvalue weighted by atomic mass is 32.1. The lowest BCUT2D eigenvalue weighted by Gasteiger charge is -2.19. The lowest BCUT2D eigenvalue weighted by molar-refractivity contribution is 1.31. The van der Waals surface area contributed by atoms with Crippen molar-refractivity contribution in [2.24, 2.45) is 0 Å². The van der Waals surface area contributed by atoms with Gasteiger partial charge < -0.3 is 4.98 Å². The summed E-state index contributed by atoms with van der Waals surface area (Å²) in [5.74, 6) is 0. The number of nitrogens with zero attached hydrogens (tertiary/aromatic N) is 1. The maximum Gasteiger partial charge on any atom is 0.0968 e. The smallest absolute Gasteiger partial charge is 0.0968 e. The monoisotopic (exact) mass is 482 g/mol. The Morgan fingerprint density at radius 3 is 2.14 bits per heavy atom. The molecule has 35 heavy (non-hydrogen) atoms. The highest BCUT2D eigenvalue weighted by Crippen LogP contribution is 2.50. The van der Waals surface area contributed by atoms with Crippen molar-refractivity contribution in [1.29, 1.82) is 0 Å². The largest absolute Gasteiger partial charge is 0.344 e. The fourth-order valence-electron chi connectivity index (χ4n) is 5.58. The summed E-state index contributed by atoms with van der Waals surface area (Å²) in [7, 11) is -0.619. The second kappa shape index (κ2) is 7.36. The average Bonchev–Trinajstić information content (AvgIpc) is 3.60. The standard InChI is InChI=1S/C31H19N2PS/c1-3-8-19(9-4-1)34(20-10-5-2-6-11-20)21-14-15-22-26(16-21)35-27-17-25-28-23(29(22)27)12-7-13-24(28)30-31(25)33-18-32-30/h1-18H,(H,32,33). The van der Waals surface area contributed by atoms with E-state index in [2.05, 4.69) is 113 Å². The van der Waals surface area contributed by atoms with E-state index in [9.17, 15) is 0 Å². The Morgan fingerprint density at radius 1 is 0.600 bits per heavy atom. The fourth-order valence-corrected chi connectivity index (χ4v) is 9.18. The van der Waals surface area contributed by atoms with E-state index in [1.165, 1.54) is 58.0 Å². The molecule has 5 aromatic carbocycles. The van der Waals surface area contributed by atoms with Gasteiger partial charge in [-0.1, -0.05) is 91.0 Å². The van der Waals surface area contributed by atoms with E-state index in [1.54, 1.807) is 0 Å². The molecule has 2 nitrogen and oxygen atoms in total. The number of benzene rings is 5. The van der Waals surface area contributed by atoms with Crippen LogP contribution in [-0.2, 0) is 0 Å². The second-order valence-corrected chi connectivity index (χ2v) is 12.2. The quantitative estimate of drug-likeness (QED) is 0.262. The number of aromatic amines is 1. The molecule has 8 rings (SSSR count). The normalized spacial score (nSPS) is 12.3. The molecule has 0 amide bonds. The van der Waals surface area contributed by atoms with Gasteiger partial charge in [-0.2, -0.15) is 0 Å². The molecule has 7 aromatic rings. The van der Waals surface area contributed by atoms with Crippen molar-refractivity contribution in [3.05, 3.63) is 109 Å². The fraction of sp³-hybridized carbons (Fsp3) is 0. The molecule has 1 N–H and O–H groups in total. The molecule has 0 aliphatic heterocycles. The molecule has 1 aliphatic rings. The second-order valence-electron chi connectivity index (χ2n) is 8.94. The molecule has 0 atom stereocenters. The van der Waals surface area contributed by atoms with Gasteiger partial charge >= 0.3 is 0 Å². The van der Waals surface area contributed by atoms with Crippen LogP contribution in [0.2, 0.25) is 0 Å². The van der Waals surface area contributed by atoms with Crippen LogP contribution in [0.3, 0.4) is 0 Å². The first-order valence-electron chi connectivity index (χ1n) is 11.7. The number of hydrogen-bond acceptors (Lipinski definition) is 2. The molecule has 0 spiro atoms. The molecule has 0 unspecified atom stereocenters. The number of hydrogen-bond donors (Lipinski definition) is 1. The topological polar surface area (TPSA) is 28.7 Å². The summed E-state index contributed by atoms with van der Waals surface area (Å²) in [5, 5.41) is 9.52. The number of aromatic nitrogens is 2. The Bertz CT molecular complexity index is 1860. The van der Waals surface area contributed by atoms with Crippen LogP contribution in [0, 0.1) is 0 Å². The minimum absolute atomic E-state index is 0.619. The number of nitrogens with one attached hydrogen (secondary N) is 1. The summed E-state index contributed by atoms with van der Waals surface area (Å²) in [6, 6.07) is 38.0. The minimum Gasteiger partial charge on any atom is -0.344 e. The summed E-state index contributed by atoms with van der Waals surface area (Å²) >= 11 is 1.90. The van der Waals surface area contributed by atoms with Crippen molar-refractivity contribution in [1.82, 2.24) is 9.97 Å². The molecule has 2 heterocycles. The van der Waals surface area contributed by atoms with E-state index >= 15 is 0 Å². The molecule has 1 aliphatic carbocycles. The minimum atomic E-state index is -0.619. The average molecular weight is 483 g/mol. The van der Waals surface area contributed by atoms with Crippen LogP contribution in [0.4, 0.5) is 0 Å². The Labute approximate surface area is 207 Å². The molecule has 0 radical (unpaired) electrons. The Hall–Kier alpha value is -3.78. The number of rotatable bonds is 3. The number of thiophene rings is 1. The van der Waals surface area contributed by atoms with Crippen LogP contribution in [-0.4, -0.2) is 9.97 Å². The van der Waals surface area contributed by atoms with Gasteiger partial charge in [0, 0.05) is 36.7 Å². The van der Waals surface area contributed by atoms with Crippen LogP contribution in [0.15, 0.2) is 109 Å². The van der Waals surface area contributed by atoms with Gasteiger partial charge in [-0.15, -0.1) is 11.3 Å². The summed E-state index contributed by atoms with van der Waals surface area (Å²) in [6.45, 7) is 0. The summed E-state index contributed by atoms with van der Waals surface area (Å²) < 4.78 is 2.68. The third kappa shape index (κ3) is 2.77. The first-order chi connectivity index (χ1) is 17.4. The zero-order chi connectivity index (χ0) is 22.9. The maximum atomic E-state index is 4.65. The SMILES string of the molecule is c1ccc(P(c2ccccc2)c2ccc3c(c2)sc2cc4c5c(cccc5c23)-c2[nH]cnc2-4)cc1. The lowest BCUT2D eigenvalue weighted by atomic mass is 9.99. The summed E-state index contributed by atoms with van der Waals surface area (Å²) in [5.41, 5.74) is 4.74. The van der Waals surface area contributed by atoms with Gasteiger partial charge in [0.25, 0.3) is 0 Å². The van der Waals surface area contributed by atoms with E-state index in [4.69, 9.17) is 0 Å². The molecule has 4 heteroatoms. The van der Waals surface area contributed by atoms with Crippen LogP contribution >= 0.6 is 19.3 Å². The van der Waals surface area contributed by atoms with E-state index in [-0.39, 0.29) is 0 Å².